The molecular weight excluding hydrogens is 342 g/mol. The van der Waals surface area contributed by atoms with Crippen molar-refractivity contribution in [1.82, 2.24) is 0 Å². The lowest BCUT2D eigenvalue weighted by atomic mass is 9.79. The third-order valence-electron chi connectivity index (χ3n) is 6.85. The topological polar surface area (TPSA) is 33.0 Å². The zero-order chi connectivity index (χ0) is 19.6. The highest BCUT2D eigenvalue weighted by Gasteiger charge is 2.25. The Morgan fingerprint density at radius 3 is 2.36 bits per heavy atom. The molecule has 2 saturated carbocycles. The lowest BCUT2D eigenvalue weighted by Crippen LogP contribution is -2.25. The van der Waals surface area contributed by atoms with Gasteiger partial charge < -0.3 is 4.74 Å². The fraction of sp³-hybridized carbons (Fsp3) is 0.654. The van der Waals surface area contributed by atoms with Crippen molar-refractivity contribution < 1.29 is 4.74 Å². The van der Waals surface area contributed by atoms with Gasteiger partial charge in [0.15, 0.2) is 0 Å². The lowest BCUT2D eigenvalue weighted by Gasteiger charge is -2.32. The number of nitriles is 1. The molecule has 0 spiro atoms. The lowest BCUT2D eigenvalue weighted by molar-refractivity contribution is -0.00456. The molecule has 0 amide bonds. The van der Waals surface area contributed by atoms with Crippen LogP contribution in [0.3, 0.4) is 0 Å². The average Bonchev–Trinajstić information content (AvgIpc) is 2.76. The molecule has 2 aliphatic rings. The Bertz CT molecular complexity index is 625. The summed E-state index contributed by atoms with van der Waals surface area (Å²) in [5, 5.41) is 8.65. The van der Waals surface area contributed by atoms with Crippen LogP contribution in [-0.4, -0.2) is 12.7 Å². The molecule has 0 radical (unpaired) electrons. The van der Waals surface area contributed by atoms with E-state index in [0.29, 0.717) is 12.0 Å². The predicted molar refractivity (Wildman–Crippen MR) is 116 cm³/mol. The predicted octanol–water partition coefficient (Wildman–Crippen LogP) is 6.96. The molecule has 0 atom stereocenters. The first-order chi connectivity index (χ1) is 13.8. The minimum atomic E-state index is 0.445. The number of unbranched alkanes of at least 4 members (excludes halogenated alkanes) is 1. The summed E-state index contributed by atoms with van der Waals surface area (Å²) in [6, 6.07) is 11.6. The van der Waals surface area contributed by atoms with Crippen molar-refractivity contribution in [2.24, 2.45) is 11.8 Å². The molecule has 0 saturated heterocycles. The van der Waals surface area contributed by atoms with Crippen molar-refractivity contribution in [3.05, 3.63) is 47.5 Å². The van der Waals surface area contributed by atoms with E-state index < -0.39 is 0 Å². The van der Waals surface area contributed by atoms with Crippen LogP contribution in [0.4, 0.5) is 0 Å². The maximum absolute atomic E-state index is 8.65. The Hall–Kier alpha value is -1.59. The summed E-state index contributed by atoms with van der Waals surface area (Å²) in [6.07, 6.45) is 17.8. The van der Waals surface area contributed by atoms with Crippen molar-refractivity contribution in [2.75, 3.05) is 6.61 Å². The first kappa shape index (κ1) is 21.1. The zero-order valence-corrected chi connectivity index (χ0v) is 17.6. The quantitative estimate of drug-likeness (QED) is 0.457. The van der Waals surface area contributed by atoms with Gasteiger partial charge in [-0.2, -0.15) is 5.26 Å². The second-order valence-electron chi connectivity index (χ2n) is 8.92. The molecule has 2 heteroatoms. The van der Waals surface area contributed by atoms with E-state index in [1.54, 1.807) is 11.6 Å². The average molecular weight is 380 g/mol. The highest BCUT2D eigenvalue weighted by molar-refractivity contribution is 5.26. The number of nitrogens with zero attached hydrogens (tertiary/aromatic N) is 1. The third kappa shape index (κ3) is 6.49. The van der Waals surface area contributed by atoms with Crippen LogP contribution in [0.15, 0.2) is 36.4 Å². The fourth-order valence-corrected chi connectivity index (χ4v) is 4.90. The number of benzene rings is 1. The molecule has 2 nitrogen and oxygen atoms in total. The van der Waals surface area contributed by atoms with E-state index in [1.165, 1.54) is 63.4 Å². The van der Waals surface area contributed by atoms with E-state index in [0.717, 1.165) is 31.3 Å². The molecule has 1 aromatic rings. The molecule has 0 unspecified atom stereocenters. The number of ether oxygens (including phenoxy) is 1. The molecule has 0 heterocycles. The maximum Gasteiger partial charge on any atom is 0.0908 e. The van der Waals surface area contributed by atoms with Gasteiger partial charge in [-0.1, -0.05) is 43.7 Å². The van der Waals surface area contributed by atoms with Gasteiger partial charge in [-0.15, -0.1) is 0 Å². The molecule has 1 aromatic carbocycles. The Kier molecular flexibility index (Phi) is 8.62. The van der Waals surface area contributed by atoms with Gasteiger partial charge in [0.05, 0.1) is 12.2 Å². The summed E-state index contributed by atoms with van der Waals surface area (Å²) >= 11 is 0. The second-order valence-corrected chi connectivity index (χ2v) is 8.92. The molecule has 0 bridgehead atoms. The Morgan fingerprint density at radius 1 is 1.00 bits per heavy atom. The van der Waals surface area contributed by atoms with Crippen LogP contribution >= 0.6 is 0 Å². The maximum atomic E-state index is 8.65. The Morgan fingerprint density at radius 2 is 1.71 bits per heavy atom. The Balaban J connectivity index is 1.34. The monoisotopic (exact) mass is 379 g/mol. The number of allylic oxidation sites excluding steroid dienone is 2. The first-order valence-corrected chi connectivity index (χ1v) is 11.5. The van der Waals surface area contributed by atoms with E-state index in [9.17, 15) is 0 Å². The van der Waals surface area contributed by atoms with Crippen molar-refractivity contribution in [1.29, 1.82) is 5.26 Å². The number of aryl methyl sites for hydroxylation is 1. The van der Waals surface area contributed by atoms with E-state index in [4.69, 9.17) is 10.00 Å². The van der Waals surface area contributed by atoms with Crippen LogP contribution < -0.4 is 0 Å². The molecule has 3 rings (SSSR count). The van der Waals surface area contributed by atoms with Crippen LogP contribution in [0.25, 0.3) is 0 Å². The van der Waals surface area contributed by atoms with Gasteiger partial charge in [-0.05, 0) is 93.1 Å². The highest BCUT2D eigenvalue weighted by Crippen LogP contribution is 2.36. The minimum Gasteiger partial charge on any atom is -0.378 e. The molecule has 152 valence electrons. The standard InChI is InChI=1S/C26H37NO/c1-2-3-5-21-7-13-24(14-8-21)25-15-9-23(10-16-25)20-28-26-17-11-22(12-18-26)6-4-19-27/h4,6-8,13-14,22-23,25-26H,2-3,5,9-12,15-18,20H2,1H3/b6-4+/t22-,23-,25-,26-. The van der Waals surface area contributed by atoms with Crippen molar-refractivity contribution in [2.45, 2.75) is 89.6 Å². The SMILES string of the molecule is CCCCc1ccc([C@H]2CC[C@H](CO[C@H]3CC[C@H](/C=C/C#N)CC3)CC2)cc1. The van der Waals surface area contributed by atoms with E-state index in [1.807, 2.05) is 0 Å². The summed E-state index contributed by atoms with van der Waals surface area (Å²) in [5.41, 5.74) is 3.04. The number of hydrogen-bond acceptors (Lipinski definition) is 2. The van der Waals surface area contributed by atoms with Gasteiger partial charge in [-0.3, -0.25) is 0 Å². The zero-order valence-electron chi connectivity index (χ0n) is 17.6. The van der Waals surface area contributed by atoms with E-state index >= 15 is 0 Å². The van der Waals surface area contributed by atoms with Gasteiger partial charge in [0, 0.05) is 12.7 Å². The molecule has 2 fully saturated rings. The van der Waals surface area contributed by atoms with Gasteiger partial charge in [-0.25, -0.2) is 0 Å². The third-order valence-corrected chi connectivity index (χ3v) is 6.85. The first-order valence-electron chi connectivity index (χ1n) is 11.5. The van der Waals surface area contributed by atoms with Crippen molar-refractivity contribution in [3.63, 3.8) is 0 Å². The molecule has 0 aliphatic heterocycles. The van der Waals surface area contributed by atoms with Gasteiger partial charge >= 0.3 is 0 Å². The molecule has 0 aromatic heterocycles. The van der Waals surface area contributed by atoms with Crippen LogP contribution in [0.2, 0.25) is 0 Å². The van der Waals surface area contributed by atoms with Crippen LogP contribution in [-0.2, 0) is 11.2 Å². The smallest absolute Gasteiger partial charge is 0.0908 e. The number of rotatable bonds is 8. The number of hydrogen-bond donors (Lipinski definition) is 0. The molecule has 28 heavy (non-hydrogen) atoms. The van der Waals surface area contributed by atoms with Crippen LogP contribution in [0, 0.1) is 23.2 Å². The van der Waals surface area contributed by atoms with Crippen LogP contribution in [0.5, 0.6) is 0 Å². The summed E-state index contributed by atoms with van der Waals surface area (Å²) in [6.45, 7) is 3.21. The van der Waals surface area contributed by atoms with Gasteiger partial charge in [0.25, 0.3) is 0 Å². The largest absolute Gasteiger partial charge is 0.378 e. The van der Waals surface area contributed by atoms with E-state index in [-0.39, 0.29) is 0 Å². The molecule has 0 N–H and O–H groups in total. The second kappa shape index (κ2) is 11.4. The van der Waals surface area contributed by atoms with Crippen molar-refractivity contribution in [3.8, 4) is 6.07 Å². The fourth-order valence-electron chi connectivity index (χ4n) is 4.90. The van der Waals surface area contributed by atoms with Crippen molar-refractivity contribution >= 4 is 0 Å². The summed E-state index contributed by atoms with van der Waals surface area (Å²) in [7, 11) is 0. The van der Waals surface area contributed by atoms with Gasteiger partial charge in [0.1, 0.15) is 0 Å². The summed E-state index contributed by atoms with van der Waals surface area (Å²) in [5.74, 6) is 2.08. The highest BCUT2D eigenvalue weighted by atomic mass is 16.5. The minimum absolute atomic E-state index is 0.445. The normalized spacial score (nSPS) is 28.3. The Labute approximate surface area is 172 Å². The molecular formula is C26H37NO. The summed E-state index contributed by atoms with van der Waals surface area (Å²) in [4.78, 5) is 0. The van der Waals surface area contributed by atoms with Gasteiger partial charge in [0.2, 0.25) is 0 Å². The van der Waals surface area contributed by atoms with Crippen LogP contribution in [0.1, 0.15) is 88.2 Å². The van der Waals surface area contributed by atoms with E-state index in [2.05, 4.69) is 43.3 Å². The summed E-state index contributed by atoms with van der Waals surface area (Å²) < 4.78 is 6.28. The molecule has 2 aliphatic carbocycles.